The van der Waals surface area contributed by atoms with Gasteiger partial charge < -0.3 is 5.32 Å². The van der Waals surface area contributed by atoms with Crippen LogP contribution in [0.3, 0.4) is 0 Å². The first-order valence-electron chi connectivity index (χ1n) is 7.38. The summed E-state index contributed by atoms with van der Waals surface area (Å²) < 4.78 is 0. The number of aryl methyl sites for hydroxylation is 1. The van der Waals surface area contributed by atoms with Gasteiger partial charge in [0.2, 0.25) is 0 Å². The normalized spacial score (nSPS) is 11.1. The minimum atomic E-state index is 0.958. The van der Waals surface area contributed by atoms with Crippen LogP contribution in [0, 0.1) is 0 Å². The molecule has 3 aromatic rings. The lowest BCUT2D eigenvalue weighted by Gasteiger charge is -2.12. The van der Waals surface area contributed by atoms with Crippen LogP contribution in [0.25, 0.3) is 21.7 Å². The molecule has 0 saturated heterocycles. The highest BCUT2D eigenvalue weighted by atomic mass is 14.9. The summed E-state index contributed by atoms with van der Waals surface area (Å²) >= 11 is 0. The van der Waals surface area contributed by atoms with Crippen LogP contribution in [0.15, 0.2) is 42.5 Å². The molecule has 0 unspecified atom stereocenters. The molecule has 0 atom stereocenters. The maximum Gasteiger partial charge on any atom is 0.0804 e. The zero-order chi connectivity index (χ0) is 13.9. The number of anilines is 1. The van der Waals surface area contributed by atoms with Crippen molar-refractivity contribution in [2.75, 3.05) is 11.9 Å². The van der Waals surface area contributed by atoms with Crippen molar-refractivity contribution in [2.24, 2.45) is 0 Å². The van der Waals surface area contributed by atoms with Crippen LogP contribution in [-0.4, -0.2) is 11.5 Å². The third-order valence-electron chi connectivity index (χ3n) is 3.68. The number of hydrogen-bond donors (Lipinski definition) is 1. The van der Waals surface area contributed by atoms with Crippen molar-refractivity contribution in [3.8, 4) is 0 Å². The van der Waals surface area contributed by atoms with Gasteiger partial charge in [-0.05, 0) is 24.3 Å². The summed E-state index contributed by atoms with van der Waals surface area (Å²) in [4.78, 5) is 4.85. The summed E-state index contributed by atoms with van der Waals surface area (Å²) in [5.41, 5.74) is 3.47. The van der Waals surface area contributed by atoms with E-state index in [4.69, 9.17) is 4.98 Å². The van der Waals surface area contributed by atoms with E-state index in [-0.39, 0.29) is 0 Å². The number of benzene rings is 2. The summed E-state index contributed by atoms with van der Waals surface area (Å²) in [5.74, 6) is 0. The second-order valence-corrected chi connectivity index (χ2v) is 5.12. The van der Waals surface area contributed by atoms with Gasteiger partial charge in [0.1, 0.15) is 0 Å². The Morgan fingerprint density at radius 3 is 2.65 bits per heavy atom. The first kappa shape index (κ1) is 12.9. The second-order valence-electron chi connectivity index (χ2n) is 5.12. The Morgan fingerprint density at radius 1 is 1.00 bits per heavy atom. The van der Waals surface area contributed by atoms with Crippen LogP contribution in [0.4, 0.5) is 5.69 Å². The molecule has 2 aromatic carbocycles. The molecule has 1 aromatic heterocycles. The number of rotatable bonds is 4. The van der Waals surface area contributed by atoms with Crippen molar-refractivity contribution in [3.63, 3.8) is 0 Å². The van der Waals surface area contributed by atoms with E-state index in [2.05, 4.69) is 61.6 Å². The standard InChI is InChI=1S/C18H20N2/c1-3-11-19-17-12-14(4-2)20-18-15-8-6-5-7-13(15)9-10-16(17)18/h5-10,12H,3-4,11H2,1-2H3,(H,19,20). The lowest BCUT2D eigenvalue weighted by molar-refractivity contribution is 0.977. The highest BCUT2D eigenvalue weighted by Crippen LogP contribution is 2.29. The molecule has 2 nitrogen and oxygen atoms in total. The number of fused-ring (bicyclic) bond motifs is 3. The quantitative estimate of drug-likeness (QED) is 0.686. The Bertz CT molecular complexity index is 747. The average molecular weight is 264 g/mol. The number of pyridine rings is 1. The van der Waals surface area contributed by atoms with Crippen molar-refractivity contribution in [2.45, 2.75) is 26.7 Å². The van der Waals surface area contributed by atoms with Gasteiger partial charge in [-0.15, -0.1) is 0 Å². The second kappa shape index (κ2) is 5.49. The molecule has 1 N–H and O–H groups in total. The maximum absolute atomic E-state index is 4.85. The van der Waals surface area contributed by atoms with Gasteiger partial charge in [-0.2, -0.15) is 0 Å². The smallest absolute Gasteiger partial charge is 0.0804 e. The van der Waals surface area contributed by atoms with Crippen LogP contribution in [0.1, 0.15) is 26.0 Å². The molecule has 0 aliphatic heterocycles. The lowest BCUT2D eigenvalue weighted by Crippen LogP contribution is -2.02. The van der Waals surface area contributed by atoms with Gasteiger partial charge in [0.25, 0.3) is 0 Å². The van der Waals surface area contributed by atoms with Crippen LogP contribution < -0.4 is 5.32 Å². The van der Waals surface area contributed by atoms with E-state index < -0.39 is 0 Å². The molecule has 0 amide bonds. The number of hydrogen-bond acceptors (Lipinski definition) is 2. The van der Waals surface area contributed by atoms with Gasteiger partial charge in [-0.3, -0.25) is 4.98 Å². The van der Waals surface area contributed by atoms with E-state index >= 15 is 0 Å². The van der Waals surface area contributed by atoms with Crippen LogP contribution in [-0.2, 0) is 6.42 Å². The van der Waals surface area contributed by atoms with E-state index in [1.165, 1.54) is 21.8 Å². The van der Waals surface area contributed by atoms with Crippen molar-refractivity contribution in [3.05, 3.63) is 48.2 Å². The molecule has 0 aliphatic carbocycles. The SMILES string of the molecule is CCCNc1cc(CC)nc2c1ccc1ccccc12. The van der Waals surface area contributed by atoms with E-state index in [0.717, 1.165) is 30.6 Å². The summed E-state index contributed by atoms with van der Waals surface area (Å²) in [6.45, 7) is 5.34. The van der Waals surface area contributed by atoms with Crippen molar-refractivity contribution in [1.82, 2.24) is 4.98 Å². The fourth-order valence-electron chi connectivity index (χ4n) is 2.60. The first-order chi connectivity index (χ1) is 9.83. The number of nitrogens with zero attached hydrogens (tertiary/aromatic N) is 1. The topological polar surface area (TPSA) is 24.9 Å². The highest BCUT2D eigenvalue weighted by molar-refractivity contribution is 6.09. The summed E-state index contributed by atoms with van der Waals surface area (Å²) in [6, 6.07) is 15.0. The monoisotopic (exact) mass is 264 g/mol. The molecule has 0 spiro atoms. The molecule has 102 valence electrons. The summed E-state index contributed by atoms with van der Waals surface area (Å²) in [7, 11) is 0. The number of aromatic nitrogens is 1. The first-order valence-corrected chi connectivity index (χ1v) is 7.38. The third-order valence-corrected chi connectivity index (χ3v) is 3.68. The molecular formula is C18H20N2. The van der Waals surface area contributed by atoms with Gasteiger partial charge in [0.05, 0.1) is 5.52 Å². The molecule has 0 fully saturated rings. The van der Waals surface area contributed by atoms with Crippen molar-refractivity contribution in [1.29, 1.82) is 0 Å². The molecule has 0 bridgehead atoms. The Kier molecular flexibility index (Phi) is 3.55. The van der Waals surface area contributed by atoms with Gasteiger partial charge in [0.15, 0.2) is 0 Å². The van der Waals surface area contributed by atoms with E-state index in [1.54, 1.807) is 0 Å². The maximum atomic E-state index is 4.85. The van der Waals surface area contributed by atoms with Crippen molar-refractivity contribution >= 4 is 27.4 Å². The lowest BCUT2D eigenvalue weighted by atomic mass is 10.0. The third kappa shape index (κ3) is 2.22. The van der Waals surface area contributed by atoms with E-state index in [1.807, 2.05) is 0 Å². The Morgan fingerprint density at radius 2 is 1.85 bits per heavy atom. The molecule has 3 rings (SSSR count). The molecule has 0 aliphatic rings. The molecular weight excluding hydrogens is 244 g/mol. The fraction of sp³-hybridized carbons (Fsp3) is 0.278. The highest BCUT2D eigenvalue weighted by Gasteiger charge is 2.08. The Hall–Kier alpha value is -2.09. The van der Waals surface area contributed by atoms with Gasteiger partial charge in [-0.1, -0.05) is 50.2 Å². The molecule has 0 saturated carbocycles. The summed E-state index contributed by atoms with van der Waals surface area (Å²) in [6.07, 6.45) is 2.08. The van der Waals surface area contributed by atoms with Crippen LogP contribution in [0.5, 0.6) is 0 Å². The Labute approximate surface area is 119 Å². The van der Waals surface area contributed by atoms with E-state index in [9.17, 15) is 0 Å². The van der Waals surface area contributed by atoms with E-state index in [0.29, 0.717) is 0 Å². The minimum absolute atomic E-state index is 0.958. The molecule has 2 heteroatoms. The van der Waals surface area contributed by atoms with Gasteiger partial charge >= 0.3 is 0 Å². The summed E-state index contributed by atoms with van der Waals surface area (Å²) in [5, 5.41) is 7.24. The van der Waals surface area contributed by atoms with Crippen LogP contribution in [0.2, 0.25) is 0 Å². The average Bonchev–Trinajstić information content (AvgIpc) is 2.52. The molecule has 1 heterocycles. The van der Waals surface area contributed by atoms with Crippen LogP contribution >= 0.6 is 0 Å². The minimum Gasteiger partial charge on any atom is -0.384 e. The largest absolute Gasteiger partial charge is 0.384 e. The van der Waals surface area contributed by atoms with Crippen molar-refractivity contribution < 1.29 is 0 Å². The predicted octanol–water partition coefficient (Wildman–Crippen LogP) is 4.77. The van der Waals surface area contributed by atoms with Gasteiger partial charge in [-0.25, -0.2) is 0 Å². The fourth-order valence-corrected chi connectivity index (χ4v) is 2.60. The predicted molar refractivity (Wildman–Crippen MR) is 87.4 cm³/mol. The zero-order valence-electron chi connectivity index (χ0n) is 12.1. The molecule has 0 radical (unpaired) electrons. The van der Waals surface area contributed by atoms with Gasteiger partial charge in [0, 0.05) is 28.7 Å². The molecule has 20 heavy (non-hydrogen) atoms. The Balaban J connectivity index is 2.30. The number of nitrogens with one attached hydrogen (secondary N) is 1. The zero-order valence-corrected chi connectivity index (χ0v) is 12.1.